The van der Waals surface area contributed by atoms with E-state index in [1.165, 1.54) is 27.4 Å². The Kier molecular flexibility index (Phi) is 10.6. The molecule has 1 saturated carbocycles. The molecule has 1 aliphatic carbocycles. The summed E-state index contributed by atoms with van der Waals surface area (Å²) in [6, 6.07) is 0. The molecule has 0 bridgehead atoms. The maximum absolute atomic E-state index is 12.5. The van der Waals surface area contributed by atoms with Crippen LogP contribution in [0.2, 0.25) is 0 Å². The van der Waals surface area contributed by atoms with E-state index >= 15 is 0 Å². The molecule has 0 heterocycles. The van der Waals surface area contributed by atoms with E-state index in [9.17, 15) is 24.0 Å². The molecule has 2 atom stereocenters. The van der Waals surface area contributed by atoms with Gasteiger partial charge in [-0.15, -0.1) is 0 Å². The number of carbonyl (C=O) groups is 5. The fourth-order valence-electron chi connectivity index (χ4n) is 3.68. The topological polar surface area (TPSA) is 113 Å². The number of allylic oxidation sites excluding steroid dienone is 5. The van der Waals surface area contributed by atoms with Crippen LogP contribution in [0.1, 0.15) is 38.5 Å². The number of esters is 3. The van der Waals surface area contributed by atoms with Gasteiger partial charge in [-0.05, 0) is 37.7 Å². The molecule has 0 unspecified atom stereocenters. The van der Waals surface area contributed by atoms with Crippen LogP contribution in [-0.2, 0) is 38.2 Å². The first kappa shape index (κ1) is 26.0. The summed E-state index contributed by atoms with van der Waals surface area (Å²) < 4.78 is 14.4. The summed E-state index contributed by atoms with van der Waals surface area (Å²) in [6.45, 7) is 3.41. The third-order valence-corrected chi connectivity index (χ3v) is 5.43. The van der Waals surface area contributed by atoms with Gasteiger partial charge in [0.2, 0.25) is 0 Å². The molecule has 0 amide bonds. The van der Waals surface area contributed by atoms with Crippen LogP contribution in [0.3, 0.4) is 0 Å². The van der Waals surface area contributed by atoms with Crippen molar-refractivity contribution < 1.29 is 38.2 Å². The Labute approximate surface area is 182 Å². The number of ketones is 2. The number of hydrogen-bond acceptors (Lipinski definition) is 8. The molecule has 0 saturated heterocycles. The molecular formula is C23H30O8. The van der Waals surface area contributed by atoms with Crippen LogP contribution in [-0.4, -0.2) is 50.8 Å². The molecular weight excluding hydrogens is 404 g/mol. The quantitative estimate of drug-likeness (QED) is 0.151. The smallest absolute Gasteiger partial charge is 0.323 e. The number of hydrogen-bond donors (Lipinski definition) is 0. The Morgan fingerprint density at radius 2 is 1.71 bits per heavy atom. The highest BCUT2D eigenvalue weighted by Crippen LogP contribution is 2.34. The third-order valence-electron chi connectivity index (χ3n) is 5.43. The van der Waals surface area contributed by atoms with E-state index in [4.69, 9.17) is 14.2 Å². The van der Waals surface area contributed by atoms with Crippen molar-refractivity contribution in [2.75, 3.05) is 21.3 Å². The van der Waals surface area contributed by atoms with E-state index < -0.39 is 29.2 Å². The highest BCUT2D eigenvalue weighted by Gasteiger charge is 2.47. The van der Waals surface area contributed by atoms with E-state index in [2.05, 4.69) is 6.58 Å². The van der Waals surface area contributed by atoms with Crippen molar-refractivity contribution in [3.63, 3.8) is 0 Å². The fraction of sp³-hybridized carbons (Fsp3) is 0.522. The molecule has 8 nitrogen and oxygen atoms in total. The van der Waals surface area contributed by atoms with E-state index in [1.807, 2.05) is 0 Å². The lowest BCUT2D eigenvalue weighted by Gasteiger charge is -2.26. The van der Waals surface area contributed by atoms with Gasteiger partial charge in [-0.2, -0.15) is 0 Å². The van der Waals surface area contributed by atoms with Gasteiger partial charge in [0, 0.05) is 12.8 Å². The van der Waals surface area contributed by atoms with Crippen molar-refractivity contribution in [3.8, 4) is 0 Å². The SMILES string of the molecule is C=CC(=O)CCCC(C/C=C/C=C\[C@H]1CCC(=O)[C@@H]1C(=O)OC)(C(=O)OC)C(=O)OC. The van der Waals surface area contributed by atoms with Crippen molar-refractivity contribution in [1.29, 1.82) is 0 Å². The first-order chi connectivity index (χ1) is 14.8. The Bertz CT molecular complexity index is 746. The summed E-state index contributed by atoms with van der Waals surface area (Å²) in [6.07, 6.45) is 9.21. The largest absolute Gasteiger partial charge is 0.468 e. The molecule has 0 radical (unpaired) electrons. The van der Waals surface area contributed by atoms with Crippen LogP contribution in [0, 0.1) is 17.3 Å². The van der Waals surface area contributed by atoms with Crippen LogP contribution in [0.5, 0.6) is 0 Å². The number of carbonyl (C=O) groups excluding carboxylic acids is 5. The van der Waals surface area contributed by atoms with Crippen LogP contribution in [0.25, 0.3) is 0 Å². The molecule has 1 rings (SSSR count). The highest BCUT2D eigenvalue weighted by molar-refractivity contribution is 6.01. The van der Waals surface area contributed by atoms with E-state index in [0.29, 0.717) is 12.8 Å². The Balaban J connectivity index is 2.93. The van der Waals surface area contributed by atoms with Crippen LogP contribution in [0.4, 0.5) is 0 Å². The van der Waals surface area contributed by atoms with E-state index in [-0.39, 0.29) is 43.2 Å². The minimum atomic E-state index is -1.58. The monoisotopic (exact) mass is 434 g/mol. The van der Waals surface area contributed by atoms with Gasteiger partial charge in [-0.3, -0.25) is 24.0 Å². The number of methoxy groups -OCH3 is 3. The van der Waals surface area contributed by atoms with Crippen LogP contribution < -0.4 is 0 Å². The summed E-state index contributed by atoms with van der Waals surface area (Å²) in [5.74, 6) is -3.44. The van der Waals surface area contributed by atoms with Gasteiger partial charge in [0.1, 0.15) is 11.7 Å². The average molecular weight is 434 g/mol. The lowest BCUT2D eigenvalue weighted by molar-refractivity contribution is -0.170. The van der Waals surface area contributed by atoms with Crippen molar-refractivity contribution in [1.82, 2.24) is 0 Å². The number of ether oxygens (including phenoxy) is 3. The van der Waals surface area contributed by atoms with Crippen molar-refractivity contribution in [3.05, 3.63) is 37.0 Å². The summed E-state index contributed by atoms with van der Waals surface area (Å²) in [7, 11) is 3.61. The molecule has 0 aromatic carbocycles. The molecule has 170 valence electrons. The maximum Gasteiger partial charge on any atom is 0.323 e. The minimum absolute atomic E-state index is 0.00297. The molecule has 1 fully saturated rings. The van der Waals surface area contributed by atoms with Crippen molar-refractivity contribution in [2.24, 2.45) is 17.3 Å². The van der Waals surface area contributed by atoms with Gasteiger partial charge in [-0.1, -0.05) is 30.9 Å². The third kappa shape index (κ3) is 6.73. The van der Waals surface area contributed by atoms with Crippen LogP contribution >= 0.6 is 0 Å². The number of Topliss-reactive ketones (excluding diaryl/α,β-unsaturated/α-hetero) is 1. The van der Waals surface area contributed by atoms with Gasteiger partial charge in [0.15, 0.2) is 11.2 Å². The zero-order valence-electron chi connectivity index (χ0n) is 18.3. The van der Waals surface area contributed by atoms with Crippen molar-refractivity contribution >= 4 is 29.5 Å². The number of rotatable bonds is 12. The van der Waals surface area contributed by atoms with Crippen molar-refractivity contribution in [2.45, 2.75) is 38.5 Å². The van der Waals surface area contributed by atoms with E-state index in [1.54, 1.807) is 24.3 Å². The first-order valence-corrected chi connectivity index (χ1v) is 10.0. The van der Waals surface area contributed by atoms with Gasteiger partial charge < -0.3 is 14.2 Å². The minimum Gasteiger partial charge on any atom is -0.468 e. The summed E-state index contributed by atoms with van der Waals surface area (Å²) >= 11 is 0. The Morgan fingerprint density at radius 1 is 1.06 bits per heavy atom. The summed E-state index contributed by atoms with van der Waals surface area (Å²) in [4.78, 5) is 60.2. The maximum atomic E-state index is 12.5. The van der Waals surface area contributed by atoms with Gasteiger partial charge >= 0.3 is 17.9 Å². The molecule has 1 aliphatic rings. The highest BCUT2D eigenvalue weighted by atomic mass is 16.5. The zero-order valence-corrected chi connectivity index (χ0v) is 18.3. The normalized spacial score (nSPS) is 18.9. The Hall–Kier alpha value is -3.03. The van der Waals surface area contributed by atoms with Crippen LogP contribution in [0.15, 0.2) is 37.0 Å². The lowest BCUT2D eigenvalue weighted by Crippen LogP contribution is -2.41. The second-order valence-electron chi connectivity index (χ2n) is 7.28. The molecule has 0 aromatic heterocycles. The van der Waals surface area contributed by atoms with Gasteiger partial charge in [0.25, 0.3) is 0 Å². The summed E-state index contributed by atoms with van der Waals surface area (Å²) in [5.41, 5.74) is -1.58. The van der Waals surface area contributed by atoms with Gasteiger partial charge in [0.05, 0.1) is 21.3 Å². The Morgan fingerprint density at radius 3 is 2.26 bits per heavy atom. The molecule has 8 heteroatoms. The molecule has 31 heavy (non-hydrogen) atoms. The first-order valence-electron chi connectivity index (χ1n) is 10.0. The average Bonchev–Trinajstić information content (AvgIpc) is 3.15. The predicted octanol–water partition coefficient (Wildman–Crippen LogP) is 2.52. The predicted molar refractivity (Wildman–Crippen MR) is 112 cm³/mol. The standard InChI is InChI=1S/C23H30O8/c1-5-17(24)11-9-15-23(21(27)30-3,22(28)31-4)14-8-6-7-10-16-12-13-18(25)19(16)20(26)29-2/h5-8,10,16,19H,1,9,11-15H2,2-4H3/b8-6+,10-7-/t16-,19+/m0/s1. The fourth-order valence-corrected chi connectivity index (χ4v) is 3.68. The molecule has 0 aromatic rings. The molecule has 0 spiro atoms. The lowest BCUT2D eigenvalue weighted by atomic mass is 9.79. The second-order valence-corrected chi connectivity index (χ2v) is 7.28. The molecule has 0 aliphatic heterocycles. The second kappa shape index (κ2) is 12.6. The summed E-state index contributed by atoms with van der Waals surface area (Å²) in [5, 5.41) is 0. The van der Waals surface area contributed by atoms with Gasteiger partial charge in [-0.25, -0.2) is 0 Å². The van der Waals surface area contributed by atoms with E-state index in [0.717, 1.165) is 0 Å². The zero-order chi connectivity index (χ0) is 23.4. The molecule has 0 N–H and O–H groups in total.